The number of nitrogens with two attached hydrogens (primary N) is 1. The molecule has 1 saturated carbocycles. The van der Waals surface area contributed by atoms with Crippen LogP contribution >= 0.6 is 0 Å². The Labute approximate surface area is 113 Å². The topological polar surface area (TPSA) is 47.3 Å². The summed E-state index contributed by atoms with van der Waals surface area (Å²) in [6.45, 7) is 0. The average Bonchev–Trinajstić information content (AvgIpc) is 2.84. The van der Waals surface area contributed by atoms with Gasteiger partial charge in [0.15, 0.2) is 0 Å². The maximum Gasteiger partial charge on any atom is 0.119 e. The molecule has 0 saturated heterocycles. The van der Waals surface area contributed by atoms with Gasteiger partial charge in [0.25, 0.3) is 0 Å². The Balaban J connectivity index is 1.85. The second kappa shape index (κ2) is 5.10. The molecule has 2 aromatic rings. The number of hydrogen-bond acceptors (Lipinski definition) is 3. The van der Waals surface area contributed by atoms with Crippen LogP contribution in [0.25, 0.3) is 10.8 Å². The highest BCUT2D eigenvalue weighted by Crippen LogP contribution is 2.26. The lowest BCUT2D eigenvalue weighted by Crippen LogP contribution is -2.35. The van der Waals surface area contributed by atoms with Crippen LogP contribution in [0, 0.1) is 0 Å². The van der Waals surface area contributed by atoms with Crippen molar-refractivity contribution in [3.63, 3.8) is 0 Å². The largest absolute Gasteiger partial charge is 0.497 e. The summed E-state index contributed by atoms with van der Waals surface area (Å²) in [7, 11) is 1.69. The molecule has 1 fully saturated rings. The first kappa shape index (κ1) is 12.3. The molecular weight excluding hydrogens is 236 g/mol. The molecular formula is C16H20N2O. The van der Waals surface area contributed by atoms with Gasteiger partial charge in [0.1, 0.15) is 5.75 Å². The SMILES string of the molecule is COc1ccc2cc(NC3CCCC3N)ccc2c1. The first-order chi connectivity index (χ1) is 9.26. The Morgan fingerprint density at radius 2 is 1.89 bits per heavy atom. The average molecular weight is 256 g/mol. The molecule has 3 heteroatoms. The lowest BCUT2D eigenvalue weighted by Gasteiger charge is -2.19. The molecule has 1 aliphatic carbocycles. The van der Waals surface area contributed by atoms with Crippen LogP contribution < -0.4 is 15.8 Å². The normalized spacial score (nSPS) is 22.6. The first-order valence-corrected chi connectivity index (χ1v) is 6.86. The zero-order valence-electron chi connectivity index (χ0n) is 11.2. The fourth-order valence-corrected chi connectivity index (χ4v) is 2.82. The molecule has 0 heterocycles. The highest BCUT2D eigenvalue weighted by atomic mass is 16.5. The van der Waals surface area contributed by atoms with Crippen molar-refractivity contribution < 1.29 is 4.74 Å². The van der Waals surface area contributed by atoms with Gasteiger partial charge in [0.05, 0.1) is 7.11 Å². The Morgan fingerprint density at radius 1 is 1.11 bits per heavy atom. The summed E-state index contributed by atoms with van der Waals surface area (Å²) >= 11 is 0. The third-order valence-corrected chi connectivity index (χ3v) is 3.97. The Bertz CT molecular complexity index is 582. The lowest BCUT2D eigenvalue weighted by molar-refractivity contribution is 0.415. The summed E-state index contributed by atoms with van der Waals surface area (Å²) in [5.41, 5.74) is 7.25. The van der Waals surface area contributed by atoms with Crippen LogP contribution in [-0.2, 0) is 0 Å². The molecule has 0 aliphatic heterocycles. The lowest BCUT2D eigenvalue weighted by atomic mass is 10.1. The highest BCUT2D eigenvalue weighted by Gasteiger charge is 2.23. The molecule has 19 heavy (non-hydrogen) atoms. The van der Waals surface area contributed by atoms with Crippen LogP contribution in [0.3, 0.4) is 0 Å². The number of rotatable bonds is 3. The zero-order valence-corrected chi connectivity index (χ0v) is 11.2. The molecule has 0 radical (unpaired) electrons. The van der Waals surface area contributed by atoms with Crippen LogP contribution in [0.1, 0.15) is 19.3 Å². The van der Waals surface area contributed by atoms with Gasteiger partial charge in [-0.3, -0.25) is 0 Å². The molecule has 3 nitrogen and oxygen atoms in total. The highest BCUT2D eigenvalue weighted by molar-refractivity contribution is 5.87. The standard InChI is InChI=1S/C16H20N2O/c1-19-14-8-6-11-9-13(7-5-12(11)10-14)18-16-4-2-3-15(16)17/h5-10,15-16,18H,2-4,17H2,1H3. The van der Waals surface area contributed by atoms with Gasteiger partial charge in [-0.2, -0.15) is 0 Å². The molecule has 0 spiro atoms. The smallest absolute Gasteiger partial charge is 0.119 e. The van der Waals surface area contributed by atoms with E-state index in [1.807, 2.05) is 6.07 Å². The van der Waals surface area contributed by atoms with Crippen molar-refractivity contribution in [3.8, 4) is 5.75 Å². The number of anilines is 1. The van der Waals surface area contributed by atoms with E-state index in [0.29, 0.717) is 6.04 Å². The summed E-state index contributed by atoms with van der Waals surface area (Å²) < 4.78 is 5.24. The van der Waals surface area contributed by atoms with Gasteiger partial charge in [-0.15, -0.1) is 0 Å². The van der Waals surface area contributed by atoms with Crippen LogP contribution in [-0.4, -0.2) is 19.2 Å². The minimum absolute atomic E-state index is 0.284. The Hall–Kier alpha value is -1.74. The second-order valence-corrected chi connectivity index (χ2v) is 5.27. The predicted molar refractivity (Wildman–Crippen MR) is 79.7 cm³/mol. The van der Waals surface area contributed by atoms with Crippen molar-refractivity contribution >= 4 is 16.5 Å². The minimum atomic E-state index is 0.284. The van der Waals surface area contributed by atoms with Crippen molar-refractivity contribution in [2.24, 2.45) is 5.73 Å². The van der Waals surface area contributed by atoms with E-state index in [9.17, 15) is 0 Å². The van der Waals surface area contributed by atoms with E-state index >= 15 is 0 Å². The molecule has 3 rings (SSSR count). The number of ether oxygens (including phenoxy) is 1. The maximum absolute atomic E-state index is 6.10. The van der Waals surface area contributed by atoms with Crippen LogP contribution in [0.2, 0.25) is 0 Å². The minimum Gasteiger partial charge on any atom is -0.497 e. The zero-order chi connectivity index (χ0) is 13.2. The van der Waals surface area contributed by atoms with Crippen molar-refractivity contribution in [2.45, 2.75) is 31.3 Å². The molecule has 3 N–H and O–H groups in total. The van der Waals surface area contributed by atoms with E-state index in [-0.39, 0.29) is 6.04 Å². The van der Waals surface area contributed by atoms with Gasteiger partial charge in [-0.25, -0.2) is 0 Å². The van der Waals surface area contributed by atoms with Gasteiger partial charge in [0, 0.05) is 17.8 Å². The van der Waals surface area contributed by atoms with E-state index in [1.165, 1.54) is 23.6 Å². The summed E-state index contributed by atoms with van der Waals surface area (Å²) in [4.78, 5) is 0. The molecule has 0 aromatic heterocycles. The van der Waals surface area contributed by atoms with Gasteiger partial charge in [-0.1, -0.05) is 12.1 Å². The molecule has 2 aromatic carbocycles. The Kier molecular flexibility index (Phi) is 3.30. The van der Waals surface area contributed by atoms with Gasteiger partial charge < -0.3 is 15.8 Å². The summed E-state index contributed by atoms with van der Waals surface area (Å²) in [6, 6.07) is 13.3. The molecule has 0 amide bonds. The molecule has 0 bridgehead atoms. The fourth-order valence-electron chi connectivity index (χ4n) is 2.82. The van der Waals surface area contributed by atoms with E-state index in [2.05, 4.69) is 35.6 Å². The molecule has 2 atom stereocenters. The third-order valence-electron chi connectivity index (χ3n) is 3.97. The number of hydrogen-bond donors (Lipinski definition) is 2. The predicted octanol–water partition coefficient (Wildman–Crippen LogP) is 3.14. The molecule has 100 valence electrons. The third kappa shape index (κ3) is 2.51. The van der Waals surface area contributed by atoms with Crippen molar-refractivity contribution in [1.29, 1.82) is 0 Å². The van der Waals surface area contributed by atoms with Crippen LogP contribution in [0.15, 0.2) is 36.4 Å². The van der Waals surface area contributed by atoms with E-state index in [1.54, 1.807) is 7.11 Å². The number of nitrogens with one attached hydrogen (secondary N) is 1. The summed E-state index contributed by atoms with van der Waals surface area (Å²) in [5, 5.41) is 5.97. The van der Waals surface area contributed by atoms with Crippen LogP contribution in [0.4, 0.5) is 5.69 Å². The summed E-state index contributed by atoms with van der Waals surface area (Å²) in [6.07, 6.45) is 3.52. The molecule has 1 aliphatic rings. The van der Waals surface area contributed by atoms with Crippen molar-refractivity contribution in [2.75, 3.05) is 12.4 Å². The number of benzene rings is 2. The Morgan fingerprint density at radius 3 is 2.63 bits per heavy atom. The fraction of sp³-hybridized carbons (Fsp3) is 0.375. The van der Waals surface area contributed by atoms with E-state index in [4.69, 9.17) is 10.5 Å². The number of methoxy groups -OCH3 is 1. The van der Waals surface area contributed by atoms with Crippen molar-refractivity contribution in [3.05, 3.63) is 36.4 Å². The van der Waals surface area contributed by atoms with Gasteiger partial charge >= 0.3 is 0 Å². The van der Waals surface area contributed by atoms with Gasteiger partial charge in [-0.05, 0) is 54.3 Å². The maximum atomic E-state index is 6.10. The number of fused-ring (bicyclic) bond motifs is 1. The second-order valence-electron chi connectivity index (χ2n) is 5.27. The van der Waals surface area contributed by atoms with Gasteiger partial charge in [0.2, 0.25) is 0 Å². The van der Waals surface area contributed by atoms with Crippen molar-refractivity contribution in [1.82, 2.24) is 0 Å². The molecule has 2 unspecified atom stereocenters. The summed E-state index contributed by atoms with van der Waals surface area (Å²) in [5.74, 6) is 0.894. The monoisotopic (exact) mass is 256 g/mol. The van der Waals surface area contributed by atoms with E-state index in [0.717, 1.165) is 17.9 Å². The van der Waals surface area contributed by atoms with E-state index < -0.39 is 0 Å². The first-order valence-electron chi connectivity index (χ1n) is 6.86. The van der Waals surface area contributed by atoms with Crippen LogP contribution in [0.5, 0.6) is 5.75 Å². The quantitative estimate of drug-likeness (QED) is 0.887.